The number of quaternary nitrogens is 1. The molecule has 58 valence electrons. The molecule has 0 amide bonds. The summed E-state index contributed by atoms with van der Waals surface area (Å²) in [6.07, 6.45) is 1.28. The zero-order valence-electron chi connectivity index (χ0n) is 6.24. The van der Waals surface area contributed by atoms with E-state index in [1.165, 1.54) is 13.0 Å². The lowest BCUT2D eigenvalue weighted by Crippen LogP contribution is -3.00. The van der Waals surface area contributed by atoms with E-state index in [-0.39, 0.29) is 29.8 Å². The molecular weight excluding hydrogens is 149 g/mol. The summed E-state index contributed by atoms with van der Waals surface area (Å²) in [5, 5.41) is 0. The largest absolute Gasteiger partial charge is 1.00 e. The summed E-state index contributed by atoms with van der Waals surface area (Å²) in [5.41, 5.74) is 0. The van der Waals surface area contributed by atoms with Crippen LogP contribution in [0.2, 0.25) is 0 Å². The van der Waals surface area contributed by atoms with Gasteiger partial charge in [-0.15, -0.1) is 0 Å². The van der Waals surface area contributed by atoms with Gasteiger partial charge in [0, 0.05) is 0 Å². The SMILES string of the molecule is CCC[N+](C)(C)C.[AlH3].[Cl-]. The molecule has 0 atom stereocenters. The number of rotatable bonds is 2. The van der Waals surface area contributed by atoms with Crippen LogP contribution in [0.3, 0.4) is 0 Å². The first kappa shape index (κ1) is 16.4. The topological polar surface area (TPSA) is 0 Å². The lowest BCUT2D eigenvalue weighted by atomic mass is 10.4. The van der Waals surface area contributed by atoms with Crippen molar-refractivity contribution in [1.82, 2.24) is 0 Å². The molecule has 0 heterocycles. The summed E-state index contributed by atoms with van der Waals surface area (Å²) in [4.78, 5) is 0. The molecule has 0 rings (SSSR count). The third kappa shape index (κ3) is 17.7. The molecule has 0 aromatic rings. The van der Waals surface area contributed by atoms with E-state index in [0.717, 1.165) is 4.48 Å². The van der Waals surface area contributed by atoms with Crippen molar-refractivity contribution in [2.75, 3.05) is 27.7 Å². The fourth-order valence-electron chi connectivity index (χ4n) is 0.671. The van der Waals surface area contributed by atoms with Gasteiger partial charge >= 0.3 is 0 Å². The third-order valence-electron chi connectivity index (χ3n) is 0.894. The van der Waals surface area contributed by atoms with E-state index < -0.39 is 0 Å². The van der Waals surface area contributed by atoms with Crippen molar-refractivity contribution in [3.8, 4) is 0 Å². The zero-order valence-corrected chi connectivity index (χ0v) is 7.00. The number of hydrogen-bond acceptors (Lipinski definition) is 0. The highest BCUT2D eigenvalue weighted by Gasteiger charge is 2.01. The standard InChI is InChI=1S/C6H16N.Al.ClH.3H/c1-5-6-7(2,3)4;;;;;/h5-6H2,1-4H3;;1H;;;/q+1;;;;;/p-1. The molecule has 0 radical (unpaired) electrons. The van der Waals surface area contributed by atoms with Crippen LogP contribution in [0.5, 0.6) is 0 Å². The monoisotopic (exact) mass is 167 g/mol. The molecule has 0 saturated heterocycles. The predicted molar refractivity (Wildman–Crippen MR) is 43.1 cm³/mol. The zero-order chi connectivity index (χ0) is 5.91. The Hall–Kier alpha value is 0.782. The minimum absolute atomic E-state index is 0. The van der Waals surface area contributed by atoms with Crippen LogP contribution in [-0.4, -0.2) is 49.5 Å². The molecule has 0 bridgehead atoms. The first-order chi connectivity index (χ1) is 3.06. The molecule has 9 heavy (non-hydrogen) atoms. The van der Waals surface area contributed by atoms with Crippen molar-refractivity contribution in [3.63, 3.8) is 0 Å². The van der Waals surface area contributed by atoms with E-state index in [0.29, 0.717) is 0 Å². The molecule has 0 N–H and O–H groups in total. The predicted octanol–water partition coefficient (Wildman–Crippen LogP) is -3.08. The fraction of sp³-hybridized carbons (Fsp3) is 1.00. The summed E-state index contributed by atoms with van der Waals surface area (Å²) in [5.74, 6) is 0. The Balaban J connectivity index is -0.000000180. The van der Waals surface area contributed by atoms with Crippen molar-refractivity contribution < 1.29 is 16.9 Å². The minimum atomic E-state index is 0. The van der Waals surface area contributed by atoms with E-state index in [2.05, 4.69) is 28.1 Å². The first-order valence-corrected chi connectivity index (χ1v) is 2.86. The van der Waals surface area contributed by atoms with E-state index in [1.54, 1.807) is 0 Å². The van der Waals surface area contributed by atoms with Gasteiger partial charge in [0.05, 0.1) is 27.7 Å². The van der Waals surface area contributed by atoms with Gasteiger partial charge in [-0.05, 0) is 6.42 Å². The molecule has 0 spiro atoms. The van der Waals surface area contributed by atoms with Gasteiger partial charge in [0.15, 0.2) is 17.4 Å². The van der Waals surface area contributed by atoms with Crippen LogP contribution >= 0.6 is 0 Å². The molecule has 1 nitrogen and oxygen atoms in total. The Kier molecular flexibility index (Phi) is 12.6. The molecule has 3 heteroatoms. The van der Waals surface area contributed by atoms with Crippen LogP contribution in [-0.2, 0) is 0 Å². The smallest absolute Gasteiger partial charge is 0.187 e. The summed E-state index contributed by atoms with van der Waals surface area (Å²) in [6, 6.07) is 0. The number of halogens is 1. The molecule has 0 aromatic carbocycles. The van der Waals surface area contributed by atoms with Crippen LogP contribution in [0.1, 0.15) is 13.3 Å². The normalized spacial score (nSPS) is 9.33. The average Bonchev–Trinajstić information content (AvgIpc) is 1.30. The Morgan fingerprint density at radius 2 is 1.44 bits per heavy atom. The quantitative estimate of drug-likeness (QED) is 0.303. The van der Waals surface area contributed by atoms with E-state index >= 15 is 0 Å². The molecule has 0 aliphatic rings. The summed E-state index contributed by atoms with van der Waals surface area (Å²) in [7, 11) is 6.64. The Bertz CT molecular complexity index is 51.5. The van der Waals surface area contributed by atoms with Crippen molar-refractivity contribution >= 4 is 17.4 Å². The lowest BCUT2D eigenvalue weighted by Gasteiger charge is -2.22. The highest BCUT2D eigenvalue weighted by molar-refractivity contribution is 5.75. The Labute approximate surface area is 75.6 Å². The molecule has 0 fully saturated rings. The highest BCUT2D eigenvalue weighted by Crippen LogP contribution is 1.90. The number of hydrogen-bond donors (Lipinski definition) is 0. The minimum Gasteiger partial charge on any atom is -1.00 e. The molecular formula is C6H19AlClN. The van der Waals surface area contributed by atoms with Crippen molar-refractivity contribution in [2.24, 2.45) is 0 Å². The maximum Gasteiger partial charge on any atom is 0.187 e. The maximum absolute atomic E-state index is 2.21. The average molecular weight is 168 g/mol. The van der Waals surface area contributed by atoms with Gasteiger partial charge in [0.2, 0.25) is 0 Å². The van der Waals surface area contributed by atoms with E-state index in [1.807, 2.05) is 0 Å². The molecule has 0 aromatic heterocycles. The van der Waals surface area contributed by atoms with Crippen LogP contribution in [0, 0.1) is 0 Å². The van der Waals surface area contributed by atoms with E-state index in [9.17, 15) is 0 Å². The van der Waals surface area contributed by atoms with E-state index in [4.69, 9.17) is 0 Å². The van der Waals surface area contributed by atoms with Crippen molar-refractivity contribution in [3.05, 3.63) is 0 Å². The van der Waals surface area contributed by atoms with Gasteiger partial charge < -0.3 is 16.9 Å². The molecule has 0 aliphatic carbocycles. The Morgan fingerprint density at radius 1 is 1.11 bits per heavy atom. The van der Waals surface area contributed by atoms with Gasteiger partial charge in [-0.2, -0.15) is 0 Å². The van der Waals surface area contributed by atoms with Crippen molar-refractivity contribution in [1.29, 1.82) is 0 Å². The maximum atomic E-state index is 2.21. The second kappa shape index (κ2) is 6.90. The number of nitrogens with zero attached hydrogens (tertiary/aromatic N) is 1. The summed E-state index contributed by atoms with van der Waals surface area (Å²) < 4.78 is 1.09. The van der Waals surface area contributed by atoms with Crippen LogP contribution < -0.4 is 12.4 Å². The lowest BCUT2D eigenvalue weighted by molar-refractivity contribution is -0.870. The molecule has 0 saturated carbocycles. The van der Waals surface area contributed by atoms with Gasteiger partial charge in [-0.25, -0.2) is 0 Å². The first-order valence-electron chi connectivity index (χ1n) is 2.86. The Morgan fingerprint density at radius 3 is 1.44 bits per heavy atom. The van der Waals surface area contributed by atoms with Crippen LogP contribution in [0.4, 0.5) is 0 Å². The van der Waals surface area contributed by atoms with Crippen molar-refractivity contribution in [2.45, 2.75) is 13.3 Å². The van der Waals surface area contributed by atoms with Crippen LogP contribution in [0.25, 0.3) is 0 Å². The third-order valence-corrected chi connectivity index (χ3v) is 0.894. The summed E-state index contributed by atoms with van der Waals surface area (Å²) in [6.45, 7) is 3.49. The van der Waals surface area contributed by atoms with Gasteiger partial charge in [0.25, 0.3) is 0 Å². The second-order valence-electron chi connectivity index (χ2n) is 3.01. The summed E-state index contributed by atoms with van der Waals surface area (Å²) >= 11 is 0. The van der Waals surface area contributed by atoms with Gasteiger partial charge in [0.1, 0.15) is 0 Å². The van der Waals surface area contributed by atoms with Crippen LogP contribution in [0.15, 0.2) is 0 Å². The fourth-order valence-corrected chi connectivity index (χ4v) is 0.671. The highest BCUT2D eigenvalue weighted by atomic mass is 35.5. The van der Waals surface area contributed by atoms with Gasteiger partial charge in [-0.3, -0.25) is 0 Å². The molecule has 0 aliphatic heterocycles. The second-order valence-corrected chi connectivity index (χ2v) is 3.01. The van der Waals surface area contributed by atoms with Gasteiger partial charge in [-0.1, -0.05) is 6.92 Å². The molecule has 0 unspecified atom stereocenters.